The molecule has 0 heterocycles. The lowest BCUT2D eigenvalue weighted by atomic mass is 10.2. The van der Waals surface area contributed by atoms with Crippen molar-refractivity contribution in [1.29, 1.82) is 0 Å². The number of anilines is 1. The van der Waals surface area contributed by atoms with Crippen molar-refractivity contribution in [2.45, 2.75) is 0 Å². The largest absolute Gasteiger partial charge is 0.484 e. The number of hydrogen-bond acceptors (Lipinski definition) is 4. The van der Waals surface area contributed by atoms with Crippen molar-refractivity contribution in [1.82, 2.24) is 5.43 Å². The number of nitrogens with one attached hydrogen (secondary N) is 2. The lowest BCUT2D eigenvalue weighted by molar-refractivity contribution is -0.119. The van der Waals surface area contributed by atoms with Crippen molar-refractivity contribution >= 4 is 39.8 Å². The molecule has 124 valence electrons. The number of carbonyl (C=O) groups is 2. The van der Waals surface area contributed by atoms with Crippen LogP contribution in [-0.4, -0.2) is 24.8 Å². The summed E-state index contributed by atoms with van der Waals surface area (Å²) in [6.45, 7) is -0.176. The van der Waals surface area contributed by atoms with Crippen LogP contribution in [0, 0.1) is 0 Å². The van der Waals surface area contributed by atoms with Crippen LogP contribution in [0.25, 0.3) is 0 Å². The maximum Gasteiger partial charge on any atom is 0.339 e. The van der Waals surface area contributed by atoms with Crippen LogP contribution in [0.3, 0.4) is 0 Å². The van der Waals surface area contributed by atoms with Gasteiger partial charge in [0.25, 0.3) is 5.91 Å². The van der Waals surface area contributed by atoms with E-state index in [-0.39, 0.29) is 6.61 Å². The molecule has 0 bridgehead atoms. The minimum Gasteiger partial charge on any atom is -0.484 e. The van der Waals surface area contributed by atoms with Crippen LogP contribution in [0.15, 0.2) is 58.1 Å². The Morgan fingerprint density at radius 2 is 1.96 bits per heavy atom. The highest BCUT2D eigenvalue weighted by Gasteiger charge is 2.00. The maximum absolute atomic E-state index is 11.7. The first-order valence-electron chi connectivity index (χ1n) is 6.90. The number of benzene rings is 2. The van der Waals surface area contributed by atoms with Gasteiger partial charge < -0.3 is 15.8 Å². The molecule has 2 aromatic carbocycles. The first kappa shape index (κ1) is 17.5. The normalized spacial score (nSPS) is 10.4. The molecule has 4 N–H and O–H groups in total. The fraction of sp³-hybridized carbons (Fsp3) is 0.0625. The quantitative estimate of drug-likeness (QED) is 0.520. The zero-order valence-corrected chi connectivity index (χ0v) is 14.1. The highest BCUT2D eigenvalue weighted by atomic mass is 79.9. The molecule has 3 amide bonds. The number of ether oxygens (including phenoxy) is 1. The van der Waals surface area contributed by atoms with E-state index < -0.39 is 11.9 Å². The number of amides is 3. The summed E-state index contributed by atoms with van der Waals surface area (Å²) >= 11 is 3.32. The molecule has 24 heavy (non-hydrogen) atoms. The number of hydrazone groups is 1. The van der Waals surface area contributed by atoms with Crippen LogP contribution in [-0.2, 0) is 4.79 Å². The first-order chi connectivity index (χ1) is 11.5. The van der Waals surface area contributed by atoms with Gasteiger partial charge in [0, 0.05) is 10.2 Å². The van der Waals surface area contributed by atoms with E-state index >= 15 is 0 Å². The van der Waals surface area contributed by atoms with Gasteiger partial charge in [-0.15, -0.1) is 0 Å². The predicted octanol–water partition coefficient (Wildman–Crippen LogP) is 2.47. The average molecular weight is 391 g/mol. The SMILES string of the molecule is NC(=O)COc1ccc(/C=N/NC(=O)Nc2cccc(Br)c2)cc1. The van der Waals surface area contributed by atoms with Crippen molar-refractivity contribution < 1.29 is 14.3 Å². The van der Waals surface area contributed by atoms with Gasteiger partial charge >= 0.3 is 6.03 Å². The molecular weight excluding hydrogens is 376 g/mol. The topological polar surface area (TPSA) is 106 Å². The third-order valence-corrected chi connectivity index (χ3v) is 3.22. The van der Waals surface area contributed by atoms with E-state index in [0.29, 0.717) is 11.4 Å². The van der Waals surface area contributed by atoms with Gasteiger partial charge in [0.2, 0.25) is 0 Å². The summed E-state index contributed by atoms with van der Waals surface area (Å²) in [6.07, 6.45) is 1.48. The van der Waals surface area contributed by atoms with Gasteiger partial charge in [-0.1, -0.05) is 22.0 Å². The predicted molar refractivity (Wildman–Crippen MR) is 95.0 cm³/mol. The highest BCUT2D eigenvalue weighted by molar-refractivity contribution is 9.10. The maximum atomic E-state index is 11.7. The molecule has 0 saturated carbocycles. The van der Waals surface area contributed by atoms with Crippen LogP contribution < -0.4 is 21.2 Å². The van der Waals surface area contributed by atoms with E-state index in [1.165, 1.54) is 6.21 Å². The van der Waals surface area contributed by atoms with Gasteiger partial charge in [-0.2, -0.15) is 5.10 Å². The summed E-state index contributed by atoms with van der Waals surface area (Å²) in [5.41, 5.74) is 8.76. The number of carbonyl (C=O) groups excluding carboxylic acids is 2. The van der Waals surface area contributed by atoms with Crippen LogP contribution in [0.4, 0.5) is 10.5 Å². The third-order valence-electron chi connectivity index (χ3n) is 2.72. The van der Waals surface area contributed by atoms with E-state index in [4.69, 9.17) is 10.5 Å². The lowest BCUT2D eigenvalue weighted by Gasteiger charge is -2.04. The molecule has 7 nitrogen and oxygen atoms in total. The van der Waals surface area contributed by atoms with Crippen molar-refractivity contribution in [3.05, 3.63) is 58.6 Å². The van der Waals surface area contributed by atoms with Gasteiger partial charge in [0.05, 0.1) is 6.21 Å². The minimum absolute atomic E-state index is 0.176. The standard InChI is InChI=1S/C16H15BrN4O3/c17-12-2-1-3-13(8-12)20-16(23)21-19-9-11-4-6-14(7-5-11)24-10-15(18)22/h1-9H,10H2,(H2,18,22)(H2,20,21,23)/b19-9+. The molecule has 2 rings (SSSR count). The second-order valence-corrected chi connectivity index (χ2v) is 5.57. The minimum atomic E-state index is -0.540. The Balaban J connectivity index is 1.82. The van der Waals surface area contributed by atoms with Gasteiger partial charge in [0.15, 0.2) is 6.61 Å². The van der Waals surface area contributed by atoms with Gasteiger partial charge in [-0.3, -0.25) is 4.79 Å². The summed E-state index contributed by atoms with van der Waals surface area (Å²) in [4.78, 5) is 22.3. The van der Waals surface area contributed by atoms with E-state index in [1.807, 2.05) is 12.1 Å². The number of halogens is 1. The second kappa shape index (κ2) is 8.68. The zero-order chi connectivity index (χ0) is 17.4. The van der Waals surface area contributed by atoms with E-state index in [2.05, 4.69) is 31.8 Å². The molecule has 0 atom stereocenters. The smallest absolute Gasteiger partial charge is 0.339 e. The number of nitrogens with two attached hydrogens (primary N) is 1. The number of nitrogens with zero attached hydrogens (tertiary/aromatic N) is 1. The number of primary amides is 1. The van der Waals surface area contributed by atoms with Crippen LogP contribution in [0.5, 0.6) is 5.75 Å². The Morgan fingerprint density at radius 3 is 2.62 bits per heavy atom. The molecule has 0 saturated heterocycles. The molecule has 0 unspecified atom stereocenters. The number of hydrogen-bond donors (Lipinski definition) is 3. The lowest BCUT2D eigenvalue weighted by Crippen LogP contribution is -2.24. The van der Waals surface area contributed by atoms with Crippen molar-refractivity contribution in [2.75, 3.05) is 11.9 Å². The second-order valence-electron chi connectivity index (χ2n) is 4.66. The summed E-state index contributed by atoms with van der Waals surface area (Å²) in [5.74, 6) is -0.0207. The molecule has 0 aliphatic heterocycles. The summed E-state index contributed by atoms with van der Waals surface area (Å²) < 4.78 is 6.00. The Labute approximate surface area is 147 Å². The van der Waals surface area contributed by atoms with Crippen molar-refractivity contribution in [3.8, 4) is 5.75 Å². The third kappa shape index (κ3) is 6.09. The summed E-state index contributed by atoms with van der Waals surface area (Å²) in [7, 11) is 0. The highest BCUT2D eigenvalue weighted by Crippen LogP contribution is 2.15. The average Bonchev–Trinajstić information content (AvgIpc) is 2.54. The van der Waals surface area contributed by atoms with Gasteiger partial charge in [0.1, 0.15) is 5.75 Å². The summed E-state index contributed by atoms with van der Waals surface area (Å²) in [5, 5.41) is 6.50. The number of urea groups is 1. The molecular formula is C16H15BrN4O3. The van der Waals surface area contributed by atoms with Crippen molar-refractivity contribution in [2.24, 2.45) is 10.8 Å². The Hall–Kier alpha value is -2.87. The monoisotopic (exact) mass is 390 g/mol. The summed E-state index contributed by atoms with van der Waals surface area (Å²) in [6, 6.07) is 13.6. The molecule has 0 aliphatic carbocycles. The molecule has 8 heteroatoms. The van der Waals surface area contributed by atoms with Gasteiger partial charge in [-0.25, -0.2) is 10.2 Å². The zero-order valence-electron chi connectivity index (χ0n) is 12.5. The molecule has 0 radical (unpaired) electrons. The molecule has 0 aliphatic rings. The fourth-order valence-corrected chi connectivity index (χ4v) is 2.09. The van der Waals surface area contributed by atoms with Crippen LogP contribution >= 0.6 is 15.9 Å². The van der Waals surface area contributed by atoms with Crippen LogP contribution in [0.2, 0.25) is 0 Å². The molecule has 0 aromatic heterocycles. The van der Waals surface area contributed by atoms with E-state index in [1.54, 1.807) is 36.4 Å². The van der Waals surface area contributed by atoms with Crippen molar-refractivity contribution in [3.63, 3.8) is 0 Å². The Bertz CT molecular complexity index is 747. The van der Waals surface area contributed by atoms with E-state index in [0.717, 1.165) is 10.0 Å². The fourth-order valence-electron chi connectivity index (χ4n) is 1.70. The Kier molecular flexibility index (Phi) is 6.32. The molecule has 0 fully saturated rings. The Morgan fingerprint density at radius 1 is 1.21 bits per heavy atom. The van der Waals surface area contributed by atoms with Gasteiger partial charge in [-0.05, 0) is 48.0 Å². The molecule has 2 aromatic rings. The first-order valence-corrected chi connectivity index (χ1v) is 7.69. The number of rotatable bonds is 6. The molecule has 0 spiro atoms. The van der Waals surface area contributed by atoms with E-state index in [9.17, 15) is 9.59 Å². The van der Waals surface area contributed by atoms with Crippen LogP contribution in [0.1, 0.15) is 5.56 Å².